The van der Waals surface area contributed by atoms with Crippen LogP contribution in [0.15, 0.2) is 41.3 Å². The number of anilines is 1. The Morgan fingerprint density at radius 1 is 1.26 bits per heavy atom. The fraction of sp³-hybridized carbons (Fsp3) is 0.250. The van der Waals surface area contributed by atoms with E-state index in [-0.39, 0.29) is 24.0 Å². The number of hydrogen-bond donors (Lipinski definition) is 2. The summed E-state index contributed by atoms with van der Waals surface area (Å²) < 4.78 is 13.4. The number of carbonyl (C=O) groups is 1. The van der Waals surface area contributed by atoms with Crippen LogP contribution >= 0.6 is 0 Å². The number of fused-ring (bicyclic) bond motifs is 1. The van der Waals surface area contributed by atoms with E-state index in [9.17, 15) is 9.59 Å². The van der Waals surface area contributed by atoms with Crippen LogP contribution in [0.1, 0.15) is 12.6 Å². The molecule has 11 heteroatoms. The number of nitrogens with one attached hydrogen (secondary N) is 2. The van der Waals surface area contributed by atoms with Crippen molar-refractivity contribution in [3.05, 3.63) is 52.6 Å². The summed E-state index contributed by atoms with van der Waals surface area (Å²) in [4.78, 5) is 32.1. The Morgan fingerprint density at radius 2 is 2.06 bits per heavy atom. The van der Waals surface area contributed by atoms with Crippen molar-refractivity contribution in [1.29, 1.82) is 0 Å². The van der Waals surface area contributed by atoms with Gasteiger partial charge in [0.25, 0.3) is 11.5 Å². The molecule has 11 nitrogen and oxygen atoms in total. The van der Waals surface area contributed by atoms with Crippen LogP contribution in [-0.2, 0) is 9.53 Å². The van der Waals surface area contributed by atoms with Crippen molar-refractivity contribution in [2.24, 2.45) is 0 Å². The van der Waals surface area contributed by atoms with Gasteiger partial charge in [0.15, 0.2) is 5.65 Å². The van der Waals surface area contributed by atoms with E-state index in [0.717, 1.165) is 0 Å². The molecule has 0 aliphatic rings. The molecule has 4 rings (SSSR count). The molecule has 1 aromatic carbocycles. The quantitative estimate of drug-likeness (QED) is 0.462. The topological polar surface area (TPSA) is 129 Å². The number of hydrogen-bond acceptors (Lipinski definition) is 7. The van der Waals surface area contributed by atoms with E-state index >= 15 is 0 Å². The minimum absolute atomic E-state index is 0.0930. The summed E-state index contributed by atoms with van der Waals surface area (Å²) in [5.41, 5.74) is 1.20. The standard InChI is InChI=1S/C20H21N7O4/c1-4-31-11-17(28)22-16-9-12(2)25-27(16)20-23-18-13(19(29)24-20)10-21-26(18)14-7-5-6-8-15(14)30-3/h5-10H,4,11H2,1-3H3,(H,22,28)(H,23,24,29). The van der Waals surface area contributed by atoms with E-state index in [1.807, 2.05) is 18.2 Å². The van der Waals surface area contributed by atoms with E-state index in [2.05, 4.69) is 25.5 Å². The SMILES string of the molecule is CCOCC(=O)Nc1cc(C)nn1-c1nc2c(cnn2-c2ccccc2OC)c(=O)[nH]1. The third-order valence-corrected chi connectivity index (χ3v) is 4.48. The zero-order chi connectivity index (χ0) is 22.0. The smallest absolute Gasteiger partial charge is 0.263 e. The number of amides is 1. The van der Waals surface area contributed by atoms with Gasteiger partial charge in [-0.25, -0.2) is 4.68 Å². The predicted molar refractivity (Wildman–Crippen MR) is 113 cm³/mol. The number of H-pyrrole nitrogens is 1. The Bertz CT molecular complexity index is 1300. The molecule has 3 aromatic heterocycles. The molecular weight excluding hydrogens is 402 g/mol. The number of carbonyl (C=O) groups excluding carboxylic acids is 1. The molecule has 0 saturated carbocycles. The molecule has 2 N–H and O–H groups in total. The van der Waals surface area contributed by atoms with Crippen molar-refractivity contribution in [3.8, 4) is 17.4 Å². The number of nitrogens with zero attached hydrogens (tertiary/aromatic N) is 5. The minimum atomic E-state index is -0.388. The molecule has 0 unspecified atom stereocenters. The van der Waals surface area contributed by atoms with Crippen molar-refractivity contribution in [2.75, 3.05) is 25.6 Å². The van der Waals surface area contributed by atoms with Gasteiger partial charge in [-0.15, -0.1) is 0 Å². The van der Waals surface area contributed by atoms with Gasteiger partial charge in [-0.05, 0) is 26.0 Å². The van der Waals surface area contributed by atoms with Crippen LogP contribution in [0.25, 0.3) is 22.7 Å². The number of aryl methyl sites for hydroxylation is 1. The van der Waals surface area contributed by atoms with E-state index in [1.54, 1.807) is 33.1 Å². The third-order valence-electron chi connectivity index (χ3n) is 4.48. The van der Waals surface area contributed by atoms with Crippen LogP contribution in [0, 0.1) is 6.92 Å². The van der Waals surface area contributed by atoms with Gasteiger partial charge in [-0.2, -0.15) is 19.9 Å². The molecule has 0 bridgehead atoms. The van der Waals surface area contributed by atoms with Gasteiger partial charge in [-0.3, -0.25) is 14.6 Å². The highest BCUT2D eigenvalue weighted by atomic mass is 16.5. The average Bonchev–Trinajstić information content (AvgIpc) is 3.35. The second kappa shape index (κ2) is 8.40. The monoisotopic (exact) mass is 423 g/mol. The fourth-order valence-electron chi connectivity index (χ4n) is 3.11. The molecule has 0 saturated heterocycles. The third kappa shape index (κ3) is 3.90. The van der Waals surface area contributed by atoms with Crippen molar-refractivity contribution >= 4 is 22.8 Å². The predicted octanol–water partition coefficient (Wildman–Crippen LogP) is 1.59. The minimum Gasteiger partial charge on any atom is -0.494 e. The van der Waals surface area contributed by atoms with Crippen molar-refractivity contribution in [2.45, 2.75) is 13.8 Å². The number of ether oxygens (including phenoxy) is 2. The number of rotatable bonds is 7. The van der Waals surface area contributed by atoms with Gasteiger partial charge in [-0.1, -0.05) is 12.1 Å². The Labute approximate surface area is 176 Å². The normalized spacial score (nSPS) is 11.1. The molecule has 3 heterocycles. The highest BCUT2D eigenvalue weighted by Gasteiger charge is 2.18. The summed E-state index contributed by atoms with van der Waals surface area (Å²) in [7, 11) is 1.56. The number of methoxy groups -OCH3 is 1. The van der Waals surface area contributed by atoms with Gasteiger partial charge in [0.1, 0.15) is 29.2 Å². The van der Waals surface area contributed by atoms with Gasteiger partial charge >= 0.3 is 0 Å². The fourth-order valence-corrected chi connectivity index (χ4v) is 3.11. The maximum atomic E-state index is 12.7. The summed E-state index contributed by atoms with van der Waals surface area (Å²) in [6.07, 6.45) is 1.44. The van der Waals surface area contributed by atoms with Crippen LogP contribution in [-0.4, -0.2) is 55.8 Å². The Kier molecular flexibility index (Phi) is 5.50. The molecule has 0 atom stereocenters. The molecule has 160 valence electrons. The first-order valence-corrected chi connectivity index (χ1v) is 9.58. The van der Waals surface area contributed by atoms with Crippen LogP contribution in [0.2, 0.25) is 0 Å². The second-order valence-electron chi connectivity index (χ2n) is 6.62. The number of aromatic amines is 1. The van der Waals surface area contributed by atoms with E-state index < -0.39 is 0 Å². The van der Waals surface area contributed by atoms with Crippen molar-refractivity contribution in [1.82, 2.24) is 29.5 Å². The maximum Gasteiger partial charge on any atom is 0.263 e. The lowest BCUT2D eigenvalue weighted by Crippen LogP contribution is -2.22. The summed E-state index contributed by atoms with van der Waals surface area (Å²) in [5, 5.41) is 11.7. The average molecular weight is 423 g/mol. The number of para-hydroxylation sites is 2. The highest BCUT2D eigenvalue weighted by Crippen LogP contribution is 2.24. The molecule has 0 radical (unpaired) electrons. The lowest BCUT2D eigenvalue weighted by Gasteiger charge is -2.10. The Hall–Kier alpha value is -3.99. The van der Waals surface area contributed by atoms with E-state index in [4.69, 9.17) is 9.47 Å². The molecule has 0 spiro atoms. The van der Waals surface area contributed by atoms with Gasteiger partial charge in [0, 0.05) is 12.7 Å². The van der Waals surface area contributed by atoms with E-state index in [0.29, 0.717) is 40.6 Å². The van der Waals surface area contributed by atoms with Crippen LogP contribution in [0.4, 0.5) is 5.82 Å². The first-order chi connectivity index (χ1) is 15.0. The van der Waals surface area contributed by atoms with Crippen molar-refractivity contribution in [3.63, 3.8) is 0 Å². The van der Waals surface area contributed by atoms with Gasteiger partial charge in [0.05, 0.1) is 19.0 Å². The molecular formula is C20H21N7O4. The number of benzene rings is 1. The second-order valence-corrected chi connectivity index (χ2v) is 6.62. The van der Waals surface area contributed by atoms with Crippen molar-refractivity contribution < 1.29 is 14.3 Å². The molecule has 4 aromatic rings. The molecule has 1 amide bonds. The number of aromatic nitrogens is 6. The van der Waals surface area contributed by atoms with Crippen LogP contribution < -0.4 is 15.6 Å². The highest BCUT2D eigenvalue weighted by molar-refractivity contribution is 5.91. The molecule has 0 aliphatic carbocycles. The van der Waals surface area contributed by atoms with Gasteiger partial charge < -0.3 is 14.8 Å². The first-order valence-electron chi connectivity index (χ1n) is 9.58. The van der Waals surface area contributed by atoms with Crippen LogP contribution in [0.3, 0.4) is 0 Å². The van der Waals surface area contributed by atoms with Crippen LogP contribution in [0.5, 0.6) is 5.75 Å². The maximum absolute atomic E-state index is 12.7. The Balaban J connectivity index is 1.82. The molecule has 0 aliphatic heterocycles. The first kappa shape index (κ1) is 20.3. The summed E-state index contributed by atoms with van der Waals surface area (Å²) >= 11 is 0. The summed E-state index contributed by atoms with van der Waals surface area (Å²) in [6, 6.07) is 8.95. The Morgan fingerprint density at radius 3 is 2.84 bits per heavy atom. The molecule has 31 heavy (non-hydrogen) atoms. The van der Waals surface area contributed by atoms with Gasteiger partial charge in [0.2, 0.25) is 5.95 Å². The zero-order valence-corrected chi connectivity index (χ0v) is 17.2. The lowest BCUT2D eigenvalue weighted by atomic mass is 10.3. The zero-order valence-electron chi connectivity index (χ0n) is 17.2. The summed E-state index contributed by atoms with van der Waals surface area (Å²) in [5.74, 6) is 0.724. The largest absolute Gasteiger partial charge is 0.494 e. The lowest BCUT2D eigenvalue weighted by molar-refractivity contribution is -0.120. The molecule has 0 fully saturated rings. The summed E-state index contributed by atoms with van der Waals surface area (Å²) in [6.45, 7) is 3.90. The van der Waals surface area contributed by atoms with E-state index in [1.165, 1.54) is 15.6 Å².